The average molecular weight is 378 g/mol. The average Bonchev–Trinajstić information content (AvgIpc) is 3.09. The predicted octanol–water partition coefficient (Wildman–Crippen LogP) is 3.93. The fourth-order valence-corrected chi connectivity index (χ4v) is 3.78. The van der Waals surface area contributed by atoms with E-state index in [1.54, 1.807) is 7.11 Å². The van der Waals surface area contributed by atoms with E-state index in [0.29, 0.717) is 5.16 Å². The zero-order chi connectivity index (χ0) is 18.8. The highest BCUT2D eigenvalue weighted by molar-refractivity contribution is 7.99. The zero-order valence-corrected chi connectivity index (χ0v) is 15.8. The number of pyridine rings is 1. The van der Waals surface area contributed by atoms with Gasteiger partial charge in [0.25, 0.3) is 0 Å². The van der Waals surface area contributed by atoms with Crippen LogP contribution in [-0.4, -0.2) is 33.4 Å². The van der Waals surface area contributed by atoms with Crippen LogP contribution in [0.4, 0.5) is 5.69 Å². The minimum Gasteiger partial charge on any atom is -0.495 e. The number of para-hydroxylation sites is 2. The molecule has 0 saturated heterocycles. The van der Waals surface area contributed by atoms with Gasteiger partial charge in [-0.15, -0.1) is 10.2 Å². The lowest BCUT2D eigenvalue weighted by atomic mass is 10.1. The molecular weight excluding hydrogens is 360 g/mol. The maximum atomic E-state index is 12.3. The van der Waals surface area contributed by atoms with E-state index in [0.717, 1.165) is 33.6 Å². The van der Waals surface area contributed by atoms with Crippen LogP contribution in [0.3, 0.4) is 0 Å². The maximum absolute atomic E-state index is 12.3. The molecule has 2 aromatic carbocycles. The molecule has 4 rings (SSSR count). The summed E-state index contributed by atoms with van der Waals surface area (Å²) in [7, 11) is 1.65. The van der Waals surface area contributed by atoms with Gasteiger partial charge in [0.05, 0.1) is 18.4 Å². The van der Waals surface area contributed by atoms with E-state index in [1.807, 2.05) is 65.9 Å². The monoisotopic (exact) mass is 378 g/mol. The molecule has 0 bridgehead atoms. The molecule has 7 heteroatoms. The molecule has 136 valence electrons. The topological polar surface area (TPSA) is 68.5 Å². The summed E-state index contributed by atoms with van der Waals surface area (Å²) in [5, 5.41) is 13.2. The van der Waals surface area contributed by atoms with Crippen molar-refractivity contribution in [1.29, 1.82) is 0 Å². The molecular formula is C20H18N4O2S. The van der Waals surface area contributed by atoms with Crippen LogP contribution in [0.15, 0.2) is 59.8 Å². The molecule has 0 saturated carbocycles. The van der Waals surface area contributed by atoms with Crippen LogP contribution in [0.2, 0.25) is 0 Å². The normalized spacial score (nSPS) is 11.0. The number of anilines is 1. The Morgan fingerprint density at radius 1 is 1.15 bits per heavy atom. The zero-order valence-electron chi connectivity index (χ0n) is 15.0. The Morgan fingerprint density at radius 3 is 2.74 bits per heavy atom. The van der Waals surface area contributed by atoms with Gasteiger partial charge in [0.15, 0.2) is 10.8 Å². The number of thioether (sulfide) groups is 1. The van der Waals surface area contributed by atoms with Crippen LogP contribution in [0.1, 0.15) is 5.56 Å². The second kappa shape index (κ2) is 7.28. The van der Waals surface area contributed by atoms with Crippen LogP contribution in [-0.2, 0) is 4.79 Å². The van der Waals surface area contributed by atoms with Crippen LogP contribution in [0.25, 0.3) is 16.6 Å². The molecule has 0 spiro atoms. The number of carbonyl (C=O) groups is 1. The van der Waals surface area contributed by atoms with Crippen molar-refractivity contribution in [2.24, 2.45) is 0 Å². The number of aryl methyl sites for hydroxylation is 1. The number of benzene rings is 2. The lowest BCUT2D eigenvalue weighted by Crippen LogP contribution is -2.14. The van der Waals surface area contributed by atoms with E-state index in [4.69, 9.17) is 4.74 Å². The molecule has 0 fully saturated rings. The number of hydrogen-bond acceptors (Lipinski definition) is 5. The van der Waals surface area contributed by atoms with E-state index in [9.17, 15) is 4.79 Å². The van der Waals surface area contributed by atoms with Crippen molar-refractivity contribution in [3.05, 3.63) is 60.2 Å². The molecule has 6 nitrogen and oxygen atoms in total. The van der Waals surface area contributed by atoms with Crippen molar-refractivity contribution >= 4 is 39.9 Å². The molecule has 27 heavy (non-hydrogen) atoms. The lowest BCUT2D eigenvalue weighted by molar-refractivity contribution is -0.113. The highest BCUT2D eigenvalue weighted by Gasteiger charge is 2.16. The second-order valence-electron chi connectivity index (χ2n) is 6.06. The summed E-state index contributed by atoms with van der Waals surface area (Å²) in [6.07, 6.45) is 0. The molecule has 0 atom stereocenters. The fraction of sp³-hybridized carbons (Fsp3) is 0.150. The van der Waals surface area contributed by atoms with E-state index in [1.165, 1.54) is 11.8 Å². The van der Waals surface area contributed by atoms with Crippen LogP contribution in [0, 0.1) is 6.92 Å². The molecule has 0 unspecified atom stereocenters. The van der Waals surface area contributed by atoms with Crippen LogP contribution >= 0.6 is 11.8 Å². The molecule has 1 amide bonds. The number of amides is 1. The van der Waals surface area contributed by atoms with Gasteiger partial charge in [0.2, 0.25) is 5.91 Å². The van der Waals surface area contributed by atoms with Gasteiger partial charge in [-0.1, -0.05) is 42.1 Å². The highest BCUT2D eigenvalue weighted by atomic mass is 32.2. The third-order valence-electron chi connectivity index (χ3n) is 4.26. The number of aromatic nitrogens is 3. The quantitative estimate of drug-likeness (QED) is 0.533. The molecule has 0 aliphatic carbocycles. The van der Waals surface area contributed by atoms with Crippen molar-refractivity contribution < 1.29 is 9.53 Å². The number of ether oxygens (including phenoxy) is 1. The largest absolute Gasteiger partial charge is 0.495 e. The molecule has 2 aromatic heterocycles. The number of carbonyl (C=O) groups excluding carboxylic acids is 1. The summed E-state index contributed by atoms with van der Waals surface area (Å²) in [6.45, 7) is 2.04. The van der Waals surface area contributed by atoms with Gasteiger partial charge in [-0.3, -0.25) is 9.20 Å². The summed E-state index contributed by atoms with van der Waals surface area (Å²) < 4.78 is 7.50. The van der Waals surface area contributed by atoms with Crippen molar-refractivity contribution in [3.63, 3.8) is 0 Å². The minimum absolute atomic E-state index is 0.0914. The van der Waals surface area contributed by atoms with Gasteiger partial charge < -0.3 is 10.1 Å². The Kier molecular flexibility index (Phi) is 4.68. The predicted molar refractivity (Wildman–Crippen MR) is 108 cm³/mol. The van der Waals surface area contributed by atoms with E-state index < -0.39 is 0 Å². The highest BCUT2D eigenvalue weighted by Crippen LogP contribution is 2.31. The van der Waals surface area contributed by atoms with Gasteiger partial charge >= 0.3 is 0 Å². The first kappa shape index (κ1) is 17.4. The molecule has 1 N–H and O–H groups in total. The Labute approximate surface area is 160 Å². The standard InChI is InChI=1S/C20H18N4O2S/c1-13-11-17-22-23-20(24(17)19-15(13)9-6-10-16(19)26-2)27-12-18(25)21-14-7-4-3-5-8-14/h3-11H,12H2,1-2H3,(H,21,25). The van der Waals surface area contributed by atoms with Crippen molar-refractivity contribution in [2.75, 3.05) is 18.2 Å². The third kappa shape index (κ3) is 3.33. The number of hydrogen-bond donors (Lipinski definition) is 1. The van der Waals surface area contributed by atoms with Crippen molar-refractivity contribution in [1.82, 2.24) is 14.6 Å². The van der Waals surface area contributed by atoms with Gasteiger partial charge in [-0.05, 0) is 36.8 Å². The lowest BCUT2D eigenvalue weighted by Gasteiger charge is -2.11. The summed E-state index contributed by atoms with van der Waals surface area (Å²) in [4.78, 5) is 12.3. The van der Waals surface area contributed by atoms with Crippen LogP contribution in [0.5, 0.6) is 5.75 Å². The van der Waals surface area contributed by atoms with E-state index >= 15 is 0 Å². The smallest absolute Gasteiger partial charge is 0.234 e. The van der Waals surface area contributed by atoms with E-state index in [2.05, 4.69) is 15.5 Å². The Morgan fingerprint density at radius 2 is 1.96 bits per heavy atom. The second-order valence-corrected chi connectivity index (χ2v) is 7.01. The summed E-state index contributed by atoms with van der Waals surface area (Å²) >= 11 is 1.35. The minimum atomic E-state index is -0.0914. The number of nitrogens with one attached hydrogen (secondary N) is 1. The van der Waals surface area contributed by atoms with E-state index in [-0.39, 0.29) is 11.7 Å². The SMILES string of the molecule is COc1cccc2c(C)cc3nnc(SCC(=O)Nc4ccccc4)n3c12. The van der Waals surface area contributed by atoms with Gasteiger partial charge in [0.1, 0.15) is 5.75 Å². The molecule has 0 radical (unpaired) electrons. The first-order chi connectivity index (χ1) is 13.2. The molecule has 4 aromatic rings. The molecule has 0 aliphatic heterocycles. The van der Waals surface area contributed by atoms with Crippen LogP contribution < -0.4 is 10.1 Å². The first-order valence-electron chi connectivity index (χ1n) is 8.46. The number of methoxy groups -OCH3 is 1. The van der Waals surface area contributed by atoms with Gasteiger partial charge in [-0.2, -0.15) is 0 Å². The Bertz CT molecular complexity index is 1130. The Hall–Kier alpha value is -3.06. The number of fused-ring (bicyclic) bond motifs is 3. The summed E-state index contributed by atoms with van der Waals surface area (Å²) in [5.74, 6) is 0.892. The molecule has 0 aliphatic rings. The first-order valence-corrected chi connectivity index (χ1v) is 9.45. The molecule has 2 heterocycles. The van der Waals surface area contributed by atoms with Gasteiger partial charge in [0, 0.05) is 11.1 Å². The number of rotatable bonds is 5. The maximum Gasteiger partial charge on any atom is 0.234 e. The summed E-state index contributed by atoms with van der Waals surface area (Å²) in [6, 6.07) is 17.3. The van der Waals surface area contributed by atoms with Crippen molar-refractivity contribution in [3.8, 4) is 5.75 Å². The third-order valence-corrected chi connectivity index (χ3v) is 5.19. The van der Waals surface area contributed by atoms with Crippen molar-refractivity contribution in [2.45, 2.75) is 12.1 Å². The Balaban J connectivity index is 1.66. The summed E-state index contributed by atoms with van der Waals surface area (Å²) in [5.41, 5.74) is 3.51. The number of nitrogens with zero attached hydrogens (tertiary/aromatic N) is 3. The van der Waals surface area contributed by atoms with Gasteiger partial charge in [-0.25, -0.2) is 0 Å². The fourth-order valence-electron chi connectivity index (χ4n) is 3.03.